The smallest absolute Gasteiger partial charge is 0.340 e. The molecule has 16 heavy (non-hydrogen) atoms. The Morgan fingerprint density at radius 2 is 2.12 bits per heavy atom. The maximum atomic E-state index is 11.6. The Labute approximate surface area is 96.2 Å². The van der Waals surface area contributed by atoms with E-state index in [-0.39, 0.29) is 5.97 Å². The maximum Gasteiger partial charge on any atom is 0.340 e. The van der Waals surface area contributed by atoms with Crippen LogP contribution in [-0.4, -0.2) is 33.7 Å². The first-order valence-corrected chi connectivity index (χ1v) is 5.26. The second-order valence-corrected chi connectivity index (χ2v) is 3.59. The third kappa shape index (κ3) is 2.66. The number of benzene rings is 1. The molecule has 0 aliphatic carbocycles. The quantitative estimate of drug-likeness (QED) is 0.791. The molecule has 1 aromatic rings. The molecule has 0 saturated carbocycles. The number of ether oxygens (including phenoxy) is 1. The van der Waals surface area contributed by atoms with Gasteiger partial charge in [-0.25, -0.2) is 4.79 Å². The summed E-state index contributed by atoms with van der Waals surface area (Å²) < 4.78 is 4.98. The molecule has 1 aromatic carbocycles. The molecule has 0 fully saturated rings. The number of rotatable bonds is 4. The lowest BCUT2D eigenvalue weighted by Gasteiger charge is -2.15. The molecule has 0 aliphatic rings. The summed E-state index contributed by atoms with van der Waals surface area (Å²) in [6.07, 6.45) is 0. The molecular formula is C12H18N2O2. The average molecular weight is 222 g/mol. The van der Waals surface area contributed by atoms with Gasteiger partial charge in [0.2, 0.25) is 0 Å². The number of esters is 1. The Morgan fingerprint density at radius 1 is 1.44 bits per heavy atom. The van der Waals surface area contributed by atoms with E-state index >= 15 is 0 Å². The van der Waals surface area contributed by atoms with Crippen LogP contribution in [0.2, 0.25) is 0 Å². The van der Waals surface area contributed by atoms with Crippen molar-refractivity contribution in [3.8, 4) is 0 Å². The van der Waals surface area contributed by atoms with Gasteiger partial charge in [-0.2, -0.15) is 0 Å². The summed E-state index contributed by atoms with van der Waals surface area (Å²) in [5, 5.41) is 3.00. The van der Waals surface area contributed by atoms with Gasteiger partial charge in [-0.05, 0) is 25.1 Å². The van der Waals surface area contributed by atoms with E-state index in [1.807, 2.05) is 31.1 Å². The van der Waals surface area contributed by atoms with Crippen molar-refractivity contribution in [2.24, 2.45) is 0 Å². The molecule has 0 unspecified atom stereocenters. The largest absolute Gasteiger partial charge is 0.462 e. The minimum Gasteiger partial charge on any atom is -0.462 e. The molecule has 1 rings (SSSR count). The van der Waals surface area contributed by atoms with E-state index in [1.165, 1.54) is 0 Å². The second kappa shape index (κ2) is 5.39. The molecule has 0 heterocycles. The van der Waals surface area contributed by atoms with E-state index < -0.39 is 0 Å². The summed E-state index contributed by atoms with van der Waals surface area (Å²) in [4.78, 5) is 13.6. The highest BCUT2D eigenvalue weighted by molar-refractivity contribution is 5.96. The van der Waals surface area contributed by atoms with Gasteiger partial charge in [0.05, 0.1) is 17.9 Å². The minimum absolute atomic E-state index is 0.294. The number of anilines is 2. The third-order valence-corrected chi connectivity index (χ3v) is 2.28. The van der Waals surface area contributed by atoms with E-state index in [0.29, 0.717) is 12.2 Å². The van der Waals surface area contributed by atoms with Crippen LogP contribution in [0.25, 0.3) is 0 Å². The van der Waals surface area contributed by atoms with Gasteiger partial charge >= 0.3 is 5.97 Å². The van der Waals surface area contributed by atoms with E-state index in [0.717, 1.165) is 11.4 Å². The van der Waals surface area contributed by atoms with Crippen LogP contribution >= 0.6 is 0 Å². The Hall–Kier alpha value is -1.71. The van der Waals surface area contributed by atoms with Crippen molar-refractivity contribution in [2.45, 2.75) is 6.92 Å². The molecule has 0 saturated heterocycles. The Balaban J connectivity index is 3.06. The minimum atomic E-state index is -0.294. The summed E-state index contributed by atoms with van der Waals surface area (Å²) in [5.74, 6) is -0.294. The van der Waals surface area contributed by atoms with Crippen molar-refractivity contribution in [3.63, 3.8) is 0 Å². The zero-order valence-corrected chi connectivity index (χ0v) is 10.2. The predicted octanol–water partition coefficient (Wildman–Crippen LogP) is 1.97. The van der Waals surface area contributed by atoms with E-state index in [4.69, 9.17) is 4.74 Å². The zero-order chi connectivity index (χ0) is 12.1. The highest BCUT2D eigenvalue weighted by Crippen LogP contribution is 2.22. The summed E-state index contributed by atoms with van der Waals surface area (Å²) in [5.41, 5.74) is 2.39. The van der Waals surface area contributed by atoms with Crippen molar-refractivity contribution in [3.05, 3.63) is 23.8 Å². The van der Waals surface area contributed by atoms with Crippen molar-refractivity contribution in [2.75, 3.05) is 38.0 Å². The second-order valence-electron chi connectivity index (χ2n) is 3.59. The van der Waals surface area contributed by atoms with Crippen LogP contribution in [0.3, 0.4) is 0 Å². The van der Waals surface area contributed by atoms with Crippen molar-refractivity contribution in [1.29, 1.82) is 0 Å². The molecule has 4 nitrogen and oxygen atoms in total. The Morgan fingerprint density at radius 3 is 2.62 bits per heavy atom. The molecular weight excluding hydrogens is 204 g/mol. The predicted molar refractivity (Wildman–Crippen MR) is 66.3 cm³/mol. The number of hydrogen-bond acceptors (Lipinski definition) is 4. The molecule has 1 N–H and O–H groups in total. The number of carbonyl (C=O) groups is 1. The van der Waals surface area contributed by atoms with E-state index in [2.05, 4.69) is 5.32 Å². The number of nitrogens with zero attached hydrogens (tertiary/aromatic N) is 1. The first kappa shape index (κ1) is 12.4. The van der Waals surface area contributed by atoms with Crippen LogP contribution in [0.4, 0.5) is 11.4 Å². The molecule has 0 aromatic heterocycles. The van der Waals surface area contributed by atoms with Gasteiger partial charge < -0.3 is 15.0 Å². The fraction of sp³-hybridized carbons (Fsp3) is 0.417. The normalized spacial score (nSPS) is 9.75. The summed E-state index contributed by atoms with van der Waals surface area (Å²) in [7, 11) is 5.70. The SMILES string of the molecule is CCOC(=O)c1ccc(N(C)C)cc1NC. The Kier molecular flexibility index (Phi) is 4.17. The molecule has 0 spiro atoms. The first-order chi connectivity index (χ1) is 7.60. The molecule has 0 atom stereocenters. The lowest BCUT2D eigenvalue weighted by molar-refractivity contribution is 0.0527. The van der Waals surface area contributed by atoms with Gasteiger partial charge in [0.15, 0.2) is 0 Å². The standard InChI is InChI=1S/C12H18N2O2/c1-5-16-12(15)10-7-6-9(14(3)4)8-11(10)13-2/h6-8,13H,5H2,1-4H3. The van der Waals surface area contributed by atoms with Crippen LogP contribution in [0.5, 0.6) is 0 Å². The van der Waals surface area contributed by atoms with Gasteiger partial charge in [0.1, 0.15) is 0 Å². The van der Waals surface area contributed by atoms with Gasteiger partial charge in [-0.15, -0.1) is 0 Å². The van der Waals surface area contributed by atoms with Gasteiger partial charge in [0, 0.05) is 26.8 Å². The molecule has 0 amide bonds. The molecule has 4 heteroatoms. The summed E-state index contributed by atoms with van der Waals surface area (Å²) in [6.45, 7) is 2.18. The lowest BCUT2D eigenvalue weighted by Crippen LogP contribution is -2.12. The zero-order valence-electron chi connectivity index (χ0n) is 10.2. The topological polar surface area (TPSA) is 41.6 Å². The van der Waals surface area contributed by atoms with Crippen molar-refractivity contribution < 1.29 is 9.53 Å². The fourth-order valence-corrected chi connectivity index (χ4v) is 1.40. The fourth-order valence-electron chi connectivity index (χ4n) is 1.40. The van der Waals surface area contributed by atoms with Crippen molar-refractivity contribution in [1.82, 2.24) is 0 Å². The number of carbonyl (C=O) groups excluding carboxylic acids is 1. The third-order valence-electron chi connectivity index (χ3n) is 2.28. The van der Waals surface area contributed by atoms with Crippen molar-refractivity contribution >= 4 is 17.3 Å². The van der Waals surface area contributed by atoms with Crippen LogP contribution in [0.1, 0.15) is 17.3 Å². The number of hydrogen-bond donors (Lipinski definition) is 1. The van der Waals surface area contributed by atoms with Gasteiger partial charge in [0.25, 0.3) is 0 Å². The highest BCUT2D eigenvalue weighted by atomic mass is 16.5. The lowest BCUT2D eigenvalue weighted by atomic mass is 10.1. The first-order valence-electron chi connectivity index (χ1n) is 5.26. The number of nitrogens with one attached hydrogen (secondary N) is 1. The molecule has 0 bridgehead atoms. The summed E-state index contributed by atoms with van der Waals surface area (Å²) in [6, 6.07) is 5.60. The molecule has 0 radical (unpaired) electrons. The van der Waals surface area contributed by atoms with Gasteiger partial charge in [-0.1, -0.05) is 0 Å². The Bertz CT molecular complexity index is 375. The van der Waals surface area contributed by atoms with E-state index in [9.17, 15) is 4.79 Å². The average Bonchev–Trinajstić information content (AvgIpc) is 2.28. The maximum absolute atomic E-state index is 11.6. The summed E-state index contributed by atoms with van der Waals surface area (Å²) >= 11 is 0. The van der Waals surface area contributed by atoms with Crippen LogP contribution in [0.15, 0.2) is 18.2 Å². The molecule has 88 valence electrons. The monoisotopic (exact) mass is 222 g/mol. The van der Waals surface area contributed by atoms with Crippen LogP contribution in [0, 0.1) is 0 Å². The van der Waals surface area contributed by atoms with Crippen LogP contribution in [-0.2, 0) is 4.74 Å². The highest BCUT2D eigenvalue weighted by Gasteiger charge is 2.12. The van der Waals surface area contributed by atoms with Crippen LogP contribution < -0.4 is 10.2 Å². The molecule has 0 aliphatic heterocycles. The van der Waals surface area contributed by atoms with Gasteiger partial charge in [-0.3, -0.25) is 0 Å². The van der Waals surface area contributed by atoms with E-state index in [1.54, 1.807) is 20.0 Å².